The van der Waals surface area contributed by atoms with Crippen LogP contribution in [-0.2, 0) is 6.42 Å². The second-order valence-corrected chi connectivity index (χ2v) is 2.10. The van der Waals surface area contributed by atoms with Gasteiger partial charge in [0, 0.05) is 12.1 Å². The molecular weight excluding hydrogens is 128 g/mol. The first-order chi connectivity index (χ1) is 4.83. The van der Waals surface area contributed by atoms with Crippen LogP contribution in [-0.4, -0.2) is 6.54 Å². The first-order valence-electron chi connectivity index (χ1n) is 3.20. The molecule has 54 valence electrons. The van der Waals surface area contributed by atoms with Crippen LogP contribution in [0.3, 0.4) is 0 Å². The van der Waals surface area contributed by atoms with Crippen molar-refractivity contribution >= 4 is 0 Å². The van der Waals surface area contributed by atoms with Crippen LogP contribution >= 0.6 is 0 Å². The van der Waals surface area contributed by atoms with E-state index in [1.165, 1.54) is 12.4 Å². The van der Waals surface area contributed by atoms with Gasteiger partial charge in [-0.25, -0.2) is 0 Å². The lowest BCUT2D eigenvalue weighted by molar-refractivity contribution is -0.605. The lowest BCUT2D eigenvalue weighted by Crippen LogP contribution is -2.24. The molecule has 0 fully saturated rings. The second-order valence-electron chi connectivity index (χ2n) is 2.10. The van der Waals surface area contributed by atoms with Gasteiger partial charge < -0.3 is 10.9 Å². The first kappa shape index (κ1) is 7.02. The maximum Gasteiger partial charge on any atom is 0.180 e. The molecule has 0 bridgehead atoms. The average molecular weight is 138 g/mol. The summed E-state index contributed by atoms with van der Waals surface area (Å²) in [7, 11) is 0. The van der Waals surface area contributed by atoms with E-state index in [-0.39, 0.29) is 0 Å². The van der Waals surface area contributed by atoms with Crippen LogP contribution in [0.2, 0.25) is 0 Å². The van der Waals surface area contributed by atoms with Crippen molar-refractivity contribution in [3.63, 3.8) is 0 Å². The van der Waals surface area contributed by atoms with Gasteiger partial charge in [0.1, 0.15) is 0 Å². The Hall–Kier alpha value is -1.09. The Kier molecular flexibility index (Phi) is 2.23. The third-order valence-corrected chi connectivity index (χ3v) is 1.30. The summed E-state index contributed by atoms with van der Waals surface area (Å²) in [5.41, 5.74) is 6.42. The van der Waals surface area contributed by atoms with E-state index in [4.69, 9.17) is 5.73 Å². The van der Waals surface area contributed by atoms with Crippen molar-refractivity contribution in [3.05, 3.63) is 35.3 Å². The molecular formula is C7H10N2O. The molecule has 3 heteroatoms. The number of hydrogen-bond acceptors (Lipinski definition) is 2. The molecule has 3 nitrogen and oxygen atoms in total. The molecule has 0 spiro atoms. The zero-order chi connectivity index (χ0) is 7.40. The molecule has 1 heterocycles. The van der Waals surface area contributed by atoms with Crippen LogP contribution in [0.4, 0.5) is 0 Å². The highest BCUT2D eigenvalue weighted by Crippen LogP contribution is 1.93. The van der Waals surface area contributed by atoms with Crippen molar-refractivity contribution in [1.29, 1.82) is 0 Å². The summed E-state index contributed by atoms with van der Waals surface area (Å²) in [6.07, 6.45) is 3.79. The summed E-state index contributed by atoms with van der Waals surface area (Å²) < 4.78 is 0.764. The van der Waals surface area contributed by atoms with Crippen molar-refractivity contribution in [1.82, 2.24) is 0 Å². The highest BCUT2D eigenvalue weighted by molar-refractivity contribution is 5.07. The van der Waals surface area contributed by atoms with Crippen LogP contribution < -0.4 is 10.5 Å². The van der Waals surface area contributed by atoms with E-state index < -0.39 is 0 Å². The van der Waals surface area contributed by atoms with Gasteiger partial charge in [0.2, 0.25) is 0 Å². The monoisotopic (exact) mass is 138 g/mol. The molecule has 1 rings (SSSR count). The van der Waals surface area contributed by atoms with E-state index in [0.717, 1.165) is 16.7 Å². The van der Waals surface area contributed by atoms with E-state index in [2.05, 4.69) is 0 Å². The van der Waals surface area contributed by atoms with Gasteiger partial charge in [0.15, 0.2) is 12.4 Å². The normalized spacial score (nSPS) is 9.70. The van der Waals surface area contributed by atoms with Crippen LogP contribution in [0, 0.1) is 5.21 Å². The molecule has 0 unspecified atom stereocenters. The Balaban J connectivity index is 2.69. The fourth-order valence-corrected chi connectivity index (χ4v) is 0.777. The molecule has 0 radical (unpaired) electrons. The van der Waals surface area contributed by atoms with Crippen LogP contribution in [0.25, 0.3) is 0 Å². The number of hydrogen-bond donors (Lipinski definition) is 1. The molecule has 1 aromatic heterocycles. The van der Waals surface area contributed by atoms with Crippen LogP contribution in [0.1, 0.15) is 5.56 Å². The number of nitrogens with zero attached hydrogens (tertiary/aromatic N) is 1. The molecule has 0 aliphatic carbocycles. The van der Waals surface area contributed by atoms with Gasteiger partial charge in [-0.2, -0.15) is 4.73 Å². The summed E-state index contributed by atoms with van der Waals surface area (Å²) in [6, 6.07) is 3.56. The summed E-state index contributed by atoms with van der Waals surface area (Å²) in [5, 5.41) is 10.5. The third-order valence-electron chi connectivity index (χ3n) is 1.30. The molecule has 0 aliphatic rings. The van der Waals surface area contributed by atoms with E-state index in [1.807, 2.05) is 0 Å². The Labute approximate surface area is 59.7 Å². The average Bonchev–Trinajstić information content (AvgIpc) is 1.95. The number of rotatable bonds is 2. The molecule has 1 aromatic rings. The lowest BCUT2D eigenvalue weighted by atomic mass is 10.2. The fraction of sp³-hybridized carbons (Fsp3) is 0.286. The van der Waals surface area contributed by atoms with Gasteiger partial charge >= 0.3 is 0 Å². The van der Waals surface area contributed by atoms with Gasteiger partial charge in [0.25, 0.3) is 0 Å². The highest BCUT2D eigenvalue weighted by atomic mass is 16.5. The number of nitrogens with two attached hydrogens (primary N) is 1. The van der Waals surface area contributed by atoms with Gasteiger partial charge in [-0.05, 0) is 18.5 Å². The van der Waals surface area contributed by atoms with E-state index in [0.29, 0.717) is 6.54 Å². The van der Waals surface area contributed by atoms with Gasteiger partial charge in [-0.1, -0.05) is 0 Å². The Morgan fingerprint density at radius 3 is 2.50 bits per heavy atom. The van der Waals surface area contributed by atoms with Crippen molar-refractivity contribution in [2.24, 2.45) is 5.73 Å². The summed E-state index contributed by atoms with van der Waals surface area (Å²) >= 11 is 0. The molecule has 10 heavy (non-hydrogen) atoms. The summed E-state index contributed by atoms with van der Waals surface area (Å²) in [5.74, 6) is 0. The Morgan fingerprint density at radius 2 is 2.00 bits per heavy atom. The minimum atomic E-state index is 0.628. The quantitative estimate of drug-likeness (QED) is 0.455. The summed E-state index contributed by atoms with van der Waals surface area (Å²) in [6.45, 7) is 0.628. The Bertz CT molecular complexity index is 195. The van der Waals surface area contributed by atoms with E-state index in [9.17, 15) is 5.21 Å². The smallest absolute Gasteiger partial charge is 0.180 e. The minimum absolute atomic E-state index is 0.628. The van der Waals surface area contributed by atoms with Crippen molar-refractivity contribution in [3.8, 4) is 0 Å². The number of pyridine rings is 1. The SMILES string of the molecule is NCCc1cc[n+]([O-])cc1. The molecule has 0 saturated heterocycles. The Morgan fingerprint density at radius 1 is 1.40 bits per heavy atom. The van der Waals surface area contributed by atoms with Gasteiger partial charge in [0.05, 0.1) is 0 Å². The maximum atomic E-state index is 10.5. The predicted octanol–water partition coefficient (Wildman–Crippen LogP) is -0.179. The second kappa shape index (κ2) is 3.17. The van der Waals surface area contributed by atoms with Crippen molar-refractivity contribution < 1.29 is 4.73 Å². The zero-order valence-electron chi connectivity index (χ0n) is 5.66. The largest absolute Gasteiger partial charge is 0.619 e. The zero-order valence-corrected chi connectivity index (χ0v) is 5.66. The molecule has 0 atom stereocenters. The van der Waals surface area contributed by atoms with E-state index in [1.54, 1.807) is 12.1 Å². The van der Waals surface area contributed by atoms with E-state index >= 15 is 0 Å². The molecule has 0 saturated carbocycles. The molecule has 2 N–H and O–H groups in total. The lowest BCUT2D eigenvalue weighted by Gasteiger charge is -1.96. The summed E-state index contributed by atoms with van der Waals surface area (Å²) in [4.78, 5) is 0. The number of aromatic nitrogens is 1. The molecule has 0 aromatic carbocycles. The third kappa shape index (κ3) is 1.70. The fourth-order valence-electron chi connectivity index (χ4n) is 0.777. The maximum absolute atomic E-state index is 10.5. The van der Waals surface area contributed by atoms with Crippen LogP contribution in [0.15, 0.2) is 24.5 Å². The minimum Gasteiger partial charge on any atom is -0.619 e. The molecule has 0 aliphatic heterocycles. The van der Waals surface area contributed by atoms with Gasteiger partial charge in [-0.15, -0.1) is 0 Å². The first-order valence-corrected chi connectivity index (χ1v) is 3.20. The predicted molar refractivity (Wildman–Crippen MR) is 38.2 cm³/mol. The highest BCUT2D eigenvalue weighted by Gasteiger charge is 1.91. The standard InChI is InChI=1S/C7H10N2O/c8-4-1-7-2-5-9(10)6-3-7/h2-3,5-6H,1,4,8H2. The molecule has 0 amide bonds. The van der Waals surface area contributed by atoms with Crippen molar-refractivity contribution in [2.75, 3.05) is 6.54 Å². The van der Waals surface area contributed by atoms with Gasteiger partial charge in [-0.3, -0.25) is 0 Å². The van der Waals surface area contributed by atoms with Crippen LogP contribution in [0.5, 0.6) is 0 Å². The topological polar surface area (TPSA) is 53.0 Å². The van der Waals surface area contributed by atoms with Crippen molar-refractivity contribution in [2.45, 2.75) is 6.42 Å².